The van der Waals surface area contributed by atoms with Crippen molar-refractivity contribution >= 4 is 0 Å². The fraction of sp³-hybridized carbons (Fsp3) is 0.864. The molecule has 0 unspecified atom stereocenters. The Morgan fingerprint density at radius 1 is 1.21 bits per heavy atom. The molecule has 1 saturated heterocycles. The summed E-state index contributed by atoms with van der Waals surface area (Å²) in [5.74, 6) is 0.527. The van der Waals surface area contributed by atoms with Gasteiger partial charge in [-0.05, 0) is 44.7 Å². The van der Waals surface area contributed by atoms with Gasteiger partial charge in [-0.25, -0.2) is 0 Å². The highest BCUT2D eigenvalue weighted by Gasteiger charge is 2.28. The Morgan fingerprint density at radius 2 is 2.07 bits per heavy atom. The molecule has 0 saturated carbocycles. The van der Waals surface area contributed by atoms with Gasteiger partial charge in [-0.1, -0.05) is 26.7 Å². The van der Waals surface area contributed by atoms with Crippen molar-refractivity contribution in [1.29, 1.82) is 0 Å². The van der Waals surface area contributed by atoms with Crippen LogP contribution < -0.4 is 5.32 Å². The van der Waals surface area contributed by atoms with Gasteiger partial charge in [-0.3, -0.25) is 9.58 Å². The van der Waals surface area contributed by atoms with Crippen LogP contribution in [0.5, 0.6) is 0 Å². The minimum atomic E-state index is 0.304. The fourth-order valence-corrected chi connectivity index (χ4v) is 4.52. The lowest BCUT2D eigenvalue weighted by molar-refractivity contribution is 0.0474. The lowest BCUT2D eigenvalue weighted by Crippen LogP contribution is -2.27. The van der Waals surface area contributed by atoms with E-state index in [1.807, 2.05) is 7.05 Å². The molecule has 28 heavy (non-hydrogen) atoms. The summed E-state index contributed by atoms with van der Waals surface area (Å²) in [6.07, 6.45) is 6.13. The third-order valence-electron chi connectivity index (χ3n) is 6.19. The number of hydrogen-bond donors (Lipinski definition) is 1. The first kappa shape index (κ1) is 21.8. The van der Waals surface area contributed by atoms with Gasteiger partial charge in [0.1, 0.15) is 0 Å². The third kappa shape index (κ3) is 5.78. The number of hydrogen-bond acceptors (Lipinski definition) is 5. The summed E-state index contributed by atoms with van der Waals surface area (Å²) < 4.78 is 14.1. The standard InChI is InChI=1S/C22H40N4O2/c1-22(2)9-6-5-7-18(8-13-28-17-22)21-19(15-25(4)11-10-23-3)24-26-12-14-27-16-20(21)26/h18,23H,5-17H2,1-4H3/t18-/m0/s1. The Kier molecular flexibility index (Phi) is 7.92. The van der Waals surface area contributed by atoms with E-state index in [0.29, 0.717) is 17.9 Å². The van der Waals surface area contributed by atoms with Crippen LogP contribution in [0.1, 0.15) is 68.8 Å². The summed E-state index contributed by atoms with van der Waals surface area (Å²) in [5, 5.41) is 8.27. The number of nitrogens with one attached hydrogen (secondary N) is 1. The molecule has 1 aromatic rings. The molecule has 1 N–H and O–H groups in total. The number of rotatable bonds is 6. The van der Waals surface area contributed by atoms with Crippen LogP contribution in [0, 0.1) is 5.41 Å². The molecule has 1 aromatic heterocycles. The van der Waals surface area contributed by atoms with Crippen LogP contribution in [0.25, 0.3) is 0 Å². The molecule has 3 rings (SSSR count). The van der Waals surface area contributed by atoms with E-state index in [9.17, 15) is 0 Å². The maximum atomic E-state index is 6.09. The monoisotopic (exact) mass is 392 g/mol. The zero-order chi connectivity index (χ0) is 20.0. The van der Waals surface area contributed by atoms with E-state index < -0.39 is 0 Å². The van der Waals surface area contributed by atoms with Crippen molar-refractivity contribution in [3.05, 3.63) is 17.0 Å². The molecule has 2 aliphatic heterocycles. The van der Waals surface area contributed by atoms with Gasteiger partial charge < -0.3 is 14.8 Å². The highest BCUT2D eigenvalue weighted by Crippen LogP contribution is 2.35. The van der Waals surface area contributed by atoms with Crippen LogP contribution in [-0.2, 0) is 29.2 Å². The van der Waals surface area contributed by atoms with Crippen molar-refractivity contribution < 1.29 is 9.47 Å². The summed E-state index contributed by atoms with van der Waals surface area (Å²) >= 11 is 0. The molecule has 0 spiro atoms. The van der Waals surface area contributed by atoms with Crippen LogP contribution in [0.3, 0.4) is 0 Å². The number of ether oxygens (including phenoxy) is 2. The maximum Gasteiger partial charge on any atom is 0.0888 e. The van der Waals surface area contributed by atoms with Crippen LogP contribution in [0.4, 0.5) is 0 Å². The number of nitrogens with zero attached hydrogens (tertiary/aromatic N) is 3. The normalized spacial score (nSPS) is 23.5. The van der Waals surface area contributed by atoms with Crippen molar-refractivity contribution in [2.75, 3.05) is 47.0 Å². The highest BCUT2D eigenvalue weighted by molar-refractivity contribution is 5.31. The predicted molar refractivity (Wildman–Crippen MR) is 113 cm³/mol. The zero-order valence-corrected chi connectivity index (χ0v) is 18.4. The van der Waals surface area contributed by atoms with E-state index in [-0.39, 0.29) is 0 Å². The van der Waals surface area contributed by atoms with E-state index in [1.54, 1.807) is 0 Å². The molecule has 2 aliphatic rings. The minimum absolute atomic E-state index is 0.304. The maximum absolute atomic E-state index is 6.09. The van der Waals surface area contributed by atoms with Crippen molar-refractivity contribution in [2.45, 2.75) is 71.6 Å². The number of aromatic nitrogens is 2. The first-order valence-electron chi connectivity index (χ1n) is 11.1. The molecule has 1 atom stereocenters. The van der Waals surface area contributed by atoms with Crippen LogP contribution >= 0.6 is 0 Å². The second-order valence-electron chi connectivity index (χ2n) is 9.37. The fourth-order valence-electron chi connectivity index (χ4n) is 4.52. The van der Waals surface area contributed by atoms with E-state index in [2.05, 4.69) is 35.8 Å². The van der Waals surface area contributed by atoms with Gasteiger partial charge in [-0.15, -0.1) is 0 Å². The molecule has 0 aliphatic carbocycles. The largest absolute Gasteiger partial charge is 0.381 e. The highest BCUT2D eigenvalue weighted by atomic mass is 16.5. The van der Waals surface area contributed by atoms with Crippen LogP contribution in [0.15, 0.2) is 0 Å². The Morgan fingerprint density at radius 3 is 2.89 bits per heavy atom. The van der Waals surface area contributed by atoms with E-state index >= 15 is 0 Å². The van der Waals surface area contributed by atoms with Crippen molar-refractivity contribution in [3.8, 4) is 0 Å². The van der Waals surface area contributed by atoms with E-state index in [0.717, 1.165) is 52.4 Å². The van der Waals surface area contributed by atoms with Gasteiger partial charge in [0.2, 0.25) is 0 Å². The summed E-state index contributed by atoms with van der Waals surface area (Å²) in [6.45, 7) is 11.6. The lowest BCUT2D eigenvalue weighted by Gasteiger charge is -2.28. The van der Waals surface area contributed by atoms with Crippen molar-refractivity contribution in [1.82, 2.24) is 20.0 Å². The smallest absolute Gasteiger partial charge is 0.0888 e. The number of likely N-dealkylation sites (N-methyl/N-ethyl adjacent to an activating group) is 2. The molecular weight excluding hydrogens is 352 g/mol. The Balaban J connectivity index is 1.78. The quantitative estimate of drug-likeness (QED) is 0.806. The first-order chi connectivity index (χ1) is 13.5. The van der Waals surface area contributed by atoms with Gasteiger partial charge in [-0.2, -0.15) is 5.10 Å². The zero-order valence-electron chi connectivity index (χ0n) is 18.4. The Hall–Kier alpha value is -0.950. The molecule has 0 bridgehead atoms. The number of fused-ring (bicyclic) bond motifs is 1. The van der Waals surface area contributed by atoms with Crippen LogP contribution in [0.2, 0.25) is 0 Å². The molecule has 1 fully saturated rings. The molecule has 3 heterocycles. The molecular formula is C22H40N4O2. The van der Waals surface area contributed by atoms with Gasteiger partial charge in [0.25, 0.3) is 0 Å². The summed E-state index contributed by atoms with van der Waals surface area (Å²) in [5.41, 5.74) is 4.32. The average molecular weight is 393 g/mol. The molecule has 160 valence electrons. The minimum Gasteiger partial charge on any atom is -0.381 e. The van der Waals surface area contributed by atoms with Gasteiger partial charge in [0.15, 0.2) is 0 Å². The lowest BCUT2D eigenvalue weighted by atomic mass is 9.84. The van der Waals surface area contributed by atoms with E-state index in [1.165, 1.54) is 42.6 Å². The second-order valence-corrected chi connectivity index (χ2v) is 9.37. The second kappa shape index (κ2) is 10.2. The first-order valence-corrected chi connectivity index (χ1v) is 11.1. The van der Waals surface area contributed by atoms with Gasteiger partial charge in [0.05, 0.1) is 37.8 Å². The van der Waals surface area contributed by atoms with Gasteiger partial charge in [0, 0.05) is 31.8 Å². The molecule has 0 amide bonds. The summed E-state index contributed by atoms with van der Waals surface area (Å²) in [7, 11) is 4.20. The van der Waals surface area contributed by atoms with Crippen LogP contribution in [-0.4, -0.2) is 61.7 Å². The summed E-state index contributed by atoms with van der Waals surface area (Å²) in [4.78, 5) is 2.37. The third-order valence-corrected chi connectivity index (χ3v) is 6.19. The van der Waals surface area contributed by atoms with Crippen molar-refractivity contribution in [2.24, 2.45) is 5.41 Å². The van der Waals surface area contributed by atoms with Gasteiger partial charge >= 0.3 is 0 Å². The topological polar surface area (TPSA) is 51.6 Å². The average Bonchev–Trinajstić information content (AvgIpc) is 3.02. The Labute approximate surface area is 170 Å². The Bertz CT molecular complexity index is 600. The SMILES string of the molecule is CNCCN(C)Cc1nn2c(c1[C@H]1CCCCC(C)(C)COCC1)COCC2. The summed E-state index contributed by atoms with van der Waals surface area (Å²) in [6, 6.07) is 0. The van der Waals surface area contributed by atoms with Crippen molar-refractivity contribution in [3.63, 3.8) is 0 Å². The predicted octanol–water partition coefficient (Wildman–Crippen LogP) is 3.16. The molecule has 6 nitrogen and oxygen atoms in total. The molecule has 0 aromatic carbocycles. The molecule has 0 radical (unpaired) electrons. The molecule has 6 heteroatoms. The van der Waals surface area contributed by atoms with E-state index in [4.69, 9.17) is 14.6 Å².